The van der Waals surface area contributed by atoms with Crippen LogP contribution < -0.4 is 5.32 Å². The van der Waals surface area contributed by atoms with Crippen LogP contribution in [0.2, 0.25) is 0 Å². The van der Waals surface area contributed by atoms with E-state index in [0.29, 0.717) is 37.5 Å². The van der Waals surface area contributed by atoms with Gasteiger partial charge in [0, 0.05) is 6.26 Å². The Bertz CT molecular complexity index is 1560. The van der Waals surface area contributed by atoms with Crippen molar-refractivity contribution in [2.75, 3.05) is 11.6 Å². The minimum Gasteiger partial charge on any atom is -0.465 e. The van der Waals surface area contributed by atoms with Gasteiger partial charge in [0.1, 0.15) is 0 Å². The monoisotopic (exact) mass is 668 g/mol. The van der Waals surface area contributed by atoms with E-state index in [4.69, 9.17) is 9.15 Å². The van der Waals surface area contributed by atoms with Gasteiger partial charge in [0.15, 0.2) is 20.6 Å². The molecule has 0 aliphatic heterocycles. The highest BCUT2D eigenvalue weighted by molar-refractivity contribution is 7.90. The molecule has 0 spiro atoms. The van der Waals surface area contributed by atoms with Crippen molar-refractivity contribution in [3.8, 4) is 11.6 Å². The quantitative estimate of drug-likeness (QED) is 0.130. The van der Waals surface area contributed by atoms with Crippen LogP contribution in [0.25, 0.3) is 11.6 Å². The number of rotatable bonds is 14. The van der Waals surface area contributed by atoms with Gasteiger partial charge < -0.3 is 19.4 Å². The van der Waals surface area contributed by atoms with Gasteiger partial charge in [0.05, 0.1) is 24.0 Å². The van der Waals surface area contributed by atoms with Crippen LogP contribution >= 0.6 is 0 Å². The van der Waals surface area contributed by atoms with Crippen molar-refractivity contribution in [3.05, 3.63) is 53.4 Å². The van der Waals surface area contributed by atoms with Crippen molar-refractivity contribution < 1.29 is 58.9 Å². The molecule has 1 amide bonds. The van der Waals surface area contributed by atoms with Crippen molar-refractivity contribution in [2.24, 2.45) is 0 Å². The Hall–Kier alpha value is -3.77. The van der Waals surface area contributed by atoms with Crippen molar-refractivity contribution in [3.63, 3.8) is 0 Å². The Labute approximate surface area is 253 Å². The Balaban J connectivity index is 2.14. The lowest BCUT2D eigenvalue weighted by Crippen LogP contribution is -2.45. The number of halogens is 6. The third-order valence-corrected chi connectivity index (χ3v) is 7.56. The first-order valence-electron chi connectivity index (χ1n) is 13.4. The van der Waals surface area contributed by atoms with E-state index in [1.54, 1.807) is 30.4 Å². The fraction of sp³-hybridized carbons (Fsp3) is 0.481. The average molecular weight is 669 g/mol. The van der Waals surface area contributed by atoms with E-state index in [9.17, 15) is 49.8 Å². The number of aliphatic hydroxyl groups excluding tert-OH is 1. The van der Waals surface area contributed by atoms with Gasteiger partial charge in [-0.15, -0.1) is 10.2 Å². The number of amides is 1. The van der Waals surface area contributed by atoms with E-state index < -0.39 is 86.8 Å². The van der Waals surface area contributed by atoms with Crippen LogP contribution in [0.4, 0.5) is 36.8 Å². The van der Waals surface area contributed by atoms with E-state index in [1.807, 2.05) is 0 Å². The number of carbonyl (C=O) groups is 1. The predicted molar refractivity (Wildman–Crippen MR) is 146 cm³/mol. The molecule has 18 heteroatoms. The molecule has 0 saturated heterocycles. The summed E-state index contributed by atoms with van der Waals surface area (Å²) in [6.07, 6.45) is -11.6. The number of unbranched alkanes of at least 4 members (excludes halogenated alkanes) is 3. The molecule has 3 aromatic rings. The summed E-state index contributed by atoms with van der Waals surface area (Å²) in [5, 5.41) is 25.6. The highest BCUT2D eigenvalue weighted by atomic mass is 32.2. The number of aromatic nitrogens is 3. The number of benzene rings is 1. The maximum absolute atomic E-state index is 14.9. The fourth-order valence-corrected chi connectivity index (χ4v) is 5.20. The second-order valence-electron chi connectivity index (χ2n) is 10.3. The summed E-state index contributed by atoms with van der Waals surface area (Å²) in [6.45, 7) is 1.02. The van der Waals surface area contributed by atoms with E-state index in [2.05, 4.69) is 15.2 Å². The Morgan fingerprint density at radius 3 is 2.24 bits per heavy atom. The second kappa shape index (κ2) is 14.1. The molecule has 0 bridgehead atoms. The number of carboxylic acid groups (broad SMARTS) is 1. The summed E-state index contributed by atoms with van der Waals surface area (Å²) < 4.78 is 121. The third-order valence-electron chi connectivity index (χ3n) is 6.55. The summed E-state index contributed by atoms with van der Waals surface area (Å²) in [6, 6.07) is 7.94. The smallest absolute Gasteiger partial charge is 0.426 e. The molecule has 0 aliphatic rings. The largest absolute Gasteiger partial charge is 0.465 e. The zero-order valence-corrected chi connectivity index (χ0v) is 24.8. The molecule has 1 aromatic carbocycles. The molecule has 248 valence electrons. The molecule has 0 fully saturated rings. The highest BCUT2D eigenvalue weighted by Crippen LogP contribution is 2.47. The Morgan fingerprint density at radius 2 is 1.69 bits per heavy atom. The van der Waals surface area contributed by atoms with Crippen LogP contribution in [-0.2, 0) is 33.0 Å². The molecule has 45 heavy (non-hydrogen) atoms. The maximum Gasteiger partial charge on any atom is 0.426 e. The number of nitrogens with one attached hydrogen (secondary N) is 1. The van der Waals surface area contributed by atoms with E-state index in [0.717, 1.165) is 0 Å². The van der Waals surface area contributed by atoms with Crippen molar-refractivity contribution in [1.29, 1.82) is 0 Å². The van der Waals surface area contributed by atoms with Crippen molar-refractivity contribution in [1.82, 2.24) is 15.2 Å². The van der Waals surface area contributed by atoms with Crippen LogP contribution in [0.1, 0.15) is 62.5 Å². The average Bonchev–Trinajstić information content (AvgIpc) is 3.40. The van der Waals surface area contributed by atoms with Gasteiger partial charge in [-0.05, 0) is 37.8 Å². The number of sulfone groups is 1. The fourth-order valence-electron chi connectivity index (χ4n) is 4.37. The van der Waals surface area contributed by atoms with Gasteiger partial charge in [0.2, 0.25) is 5.60 Å². The Morgan fingerprint density at radius 1 is 1.04 bits per heavy atom. The maximum atomic E-state index is 14.9. The molecule has 2 heterocycles. The molecule has 11 nitrogen and oxygen atoms in total. The summed E-state index contributed by atoms with van der Waals surface area (Å²) in [7, 11) is -4.72. The number of pyridine rings is 1. The van der Waals surface area contributed by atoms with Crippen molar-refractivity contribution in [2.45, 2.75) is 81.1 Å². The lowest BCUT2D eigenvalue weighted by Gasteiger charge is -2.32. The van der Waals surface area contributed by atoms with Crippen LogP contribution in [0, 0.1) is 0 Å². The van der Waals surface area contributed by atoms with Gasteiger partial charge in [-0.2, -0.15) is 26.3 Å². The van der Waals surface area contributed by atoms with Gasteiger partial charge >= 0.3 is 18.4 Å². The minimum atomic E-state index is -5.31. The lowest BCUT2D eigenvalue weighted by molar-refractivity contribution is -0.300. The summed E-state index contributed by atoms with van der Waals surface area (Å²) >= 11 is 0. The predicted octanol–water partition coefficient (Wildman–Crippen LogP) is 6.34. The molecule has 2 aromatic heterocycles. The zero-order chi connectivity index (χ0) is 33.6. The van der Waals surface area contributed by atoms with Crippen LogP contribution in [0.15, 0.2) is 45.8 Å². The number of hydrogen-bond donors (Lipinski definition) is 3. The molecule has 2 atom stereocenters. The normalized spacial score (nSPS) is 14.6. The minimum absolute atomic E-state index is 0.0611. The SMILES string of the molecule is C[C@@H](O)CCCCCC[C@@](OCc1ccccc1)(c1nnc(-c2nc(S(C)(=O)=O)c(C(F)(F)F)cc2NC(=O)O)o1)C(F)(F)F. The van der Waals surface area contributed by atoms with E-state index in [1.165, 1.54) is 12.1 Å². The molecule has 0 aliphatic carbocycles. The van der Waals surface area contributed by atoms with Gasteiger partial charge in [0.25, 0.3) is 11.8 Å². The summed E-state index contributed by atoms with van der Waals surface area (Å²) in [4.78, 5) is 14.8. The number of aliphatic hydroxyl groups is 1. The first-order valence-corrected chi connectivity index (χ1v) is 15.3. The van der Waals surface area contributed by atoms with Gasteiger partial charge in [-0.1, -0.05) is 49.6 Å². The first-order chi connectivity index (χ1) is 20.8. The standard InChI is InChI=1S/C27H30F6N4O7S/c1-16(38)10-6-3-4-9-13-25(27(31,32)33,43-15-17-11-7-5-8-12-17)23-37-36-21(44-23)20-19(34-24(39)40)14-18(26(28,29)30)22(35-20)45(2,41)42/h5,7-8,11-12,14,16,34,38H,3-4,6,9-10,13,15H2,1-2H3,(H,39,40)/t16-,25-/m1/s1. The van der Waals surface area contributed by atoms with E-state index >= 15 is 0 Å². The number of ether oxygens (including phenoxy) is 1. The number of nitrogens with zero attached hydrogens (tertiary/aromatic N) is 3. The van der Waals surface area contributed by atoms with E-state index in [-0.39, 0.29) is 12.5 Å². The van der Waals surface area contributed by atoms with Crippen LogP contribution in [0.5, 0.6) is 0 Å². The molecular formula is C27H30F6N4O7S. The number of hydrogen-bond acceptors (Lipinski definition) is 9. The molecular weight excluding hydrogens is 638 g/mol. The zero-order valence-electron chi connectivity index (χ0n) is 23.9. The highest BCUT2D eigenvalue weighted by Gasteiger charge is 2.61. The van der Waals surface area contributed by atoms with Crippen LogP contribution in [0.3, 0.4) is 0 Å². The molecule has 0 radical (unpaired) electrons. The van der Waals surface area contributed by atoms with Crippen LogP contribution in [-0.4, -0.2) is 58.4 Å². The summed E-state index contributed by atoms with van der Waals surface area (Å²) in [5.74, 6) is -2.16. The van der Waals surface area contributed by atoms with Gasteiger partial charge in [-0.3, -0.25) is 5.32 Å². The lowest BCUT2D eigenvalue weighted by atomic mass is 9.94. The third kappa shape index (κ3) is 9.13. The summed E-state index contributed by atoms with van der Waals surface area (Å²) in [5.41, 5.74) is -6.63. The topological polar surface area (TPSA) is 165 Å². The number of alkyl halides is 6. The second-order valence-corrected chi connectivity index (χ2v) is 12.2. The molecule has 0 saturated carbocycles. The number of anilines is 1. The molecule has 0 unspecified atom stereocenters. The molecule has 3 rings (SSSR count). The Kier molecular flexibility index (Phi) is 11.2. The van der Waals surface area contributed by atoms with Gasteiger partial charge in [-0.25, -0.2) is 18.2 Å². The molecule has 3 N–H and O–H groups in total. The first kappa shape index (κ1) is 35.7. The van der Waals surface area contributed by atoms with Crippen molar-refractivity contribution >= 4 is 21.6 Å².